The van der Waals surface area contributed by atoms with Crippen molar-refractivity contribution in [2.75, 3.05) is 12.3 Å². The molecular formula is C18H22ClP. The van der Waals surface area contributed by atoms with E-state index in [9.17, 15) is 0 Å². The van der Waals surface area contributed by atoms with Gasteiger partial charge in [-0.25, -0.2) is 0 Å². The predicted molar refractivity (Wildman–Crippen MR) is 93.1 cm³/mol. The first-order valence-electron chi connectivity index (χ1n) is 7.57. The molecule has 20 heavy (non-hydrogen) atoms. The predicted octanol–water partition coefficient (Wildman–Crippen LogP) is 4.92. The summed E-state index contributed by atoms with van der Waals surface area (Å²) < 4.78 is 0. The summed E-state index contributed by atoms with van der Waals surface area (Å²) in [4.78, 5) is 0. The van der Waals surface area contributed by atoms with E-state index in [1.165, 1.54) is 36.3 Å². The van der Waals surface area contributed by atoms with Crippen molar-refractivity contribution in [3.05, 3.63) is 60.7 Å². The number of benzene rings is 2. The van der Waals surface area contributed by atoms with Gasteiger partial charge in [-0.3, -0.25) is 0 Å². The second-order valence-corrected chi connectivity index (χ2v) is 13.0. The Morgan fingerprint density at radius 1 is 0.600 bits per heavy atom. The fraction of sp³-hybridized carbons (Fsp3) is 0.333. The van der Waals surface area contributed by atoms with Crippen molar-refractivity contribution in [3.63, 3.8) is 0 Å². The minimum atomic E-state index is -2.51. The van der Waals surface area contributed by atoms with E-state index in [1.54, 1.807) is 0 Å². The molecule has 1 aliphatic rings. The van der Waals surface area contributed by atoms with Crippen molar-refractivity contribution in [3.8, 4) is 0 Å². The van der Waals surface area contributed by atoms with Gasteiger partial charge >= 0.3 is 126 Å². The average Bonchev–Trinajstić information content (AvgIpc) is 2.74. The molecular weight excluding hydrogens is 283 g/mol. The quantitative estimate of drug-likeness (QED) is 0.691. The van der Waals surface area contributed by atoms with Crippen molar-refractivity contribution in [2.45, 2.75) is 25.7 Å². The van der Waals surface area contributed by atoms with Gasteiger partial charge in [-0.2, -0.15) is 0 Å². The SMILES string of the molecule is ClP1(c2ccccc2)(c2ccccc2)CCCCCC1. The van der Waals surface area contributed by atoms with Crippen LogP contribution in [0.25, 0.3) is 0 Å². The van der Waals surface area contributed by atoms with E-state index in [2.05, 4.69) is 60.7 Å². The maximum atomic E-state index is 7.62. The third-order valence-electron chi connectivity index (χ3n) is 4.69. The van der Waals surface area contributed by atoms with Gasteiger partial charge in [0.1, 0.15) is 0 Å². The van der Waals surface area contributed by atoms with E-state index in [0.717, 1.165) is 12.3 Å². The first kappa shape index (κ1) is 14.1. The Bertz CT molecular complexity index is 513. The summed E-state index contributed by atoms with van der Waals surface area (Å²) in [5, 5.41) is 2.77. The second kappa shape index (κ2) is 5.51. The number of hydrogen-bond acceptors (Lipinski definition) is 0. The van der Waals surface area contributed by atoms with Gasteiger partial charge < -0.3 is 0 Å². The molecule has 0 N–H and O–H groups in total. The van der Waals surface area contributed by atoms with Crippen LogP contribution in [0.2, 0.25) is 0 Å². The van der Waals surface area contributed by atoms with Gasteiger partial charge in [-0.15, -0.1) is 0 Å². The Morgan fingerprint density at radius 2 is 1.00 bits per heavy atom. The molecule has 2 aromatic carbocycles. The molecule has 0 unspecified atom stereocenters. The van der Waals surface area contributed by atoms with Crippen LogP contribution in [0, 0.1) is 0 Å². The summed E-state index contributed by atoms with van der Waals surface area (Å²) in [6.45, 7) is 0. The summed E-state index contributed by atoms with van der Waals surface area (Å²) >= 11 is 7.62. The van der Waals surface area contributed by atoms with Crippen LogP contribution in [-0.2, 0) is 0 Å². The molecule has 1 saturated heterocycles. The van der Waals surface area contributed by atoms with E-state index in [-0.39, 0.29) is 0 Å². The van der Waals surface area contributed by atoms with E-state index in [1.807, 2.05) is 0 Å². The third-order valence-corrected chi connectivity index (χ3v) is 12.3. The maximum absolute atomic E-state index is 7.62. The summed E-state index contributed by atoms with van der Waals surface area (Å²) in [5.74, 6) is -2.51. The summed E-state index contributed by atoms with van der Waals surface area (Å²) in [6, 6.07) is 21.7. The molecule has 2 aromatic rings. The number of halogens is 1. The monoisotopic (exact) mass is 304 g/mol. The van der Waals surface area contributed by atoms with Crippen molar-refractivity contribution >= 4 is 27.8 Å². The van der Waals surface area contributed by atoms with Gasteiger partial charge in [-0.05, 0) is 0 Å². The summed E-state index contributed by atoms with van der Waals surface area (Å²) in [5.41, 5.74) is 0. The van der Waals surface area contributed by atoms with Crippen LogP contribution in [0.1, 0.15) is 25.7 Å². The van der Waals surface area contributed by atoms with Crippen molar-refractivity contribution < 1.29 is 0 Å². The fourth-order valence-electron chi connectivity index (χ4n) is 3.55. The molecule has 0 radical (unpaired) electrons. The molecule has 0 amide bonds. The average molecular weight is 305 g/mol. The van der Waals surface area contributed by atoms with Crippen LogP contribution >= 0.6 is 17.2 Å². The van der Waals surface area contributed by atoms with Crippen molar-refractivity contribution in [2.24, 2.45) is 0 Å². The van der Waals surface area contributed by atoms with Gasteiger partial charge in [0.2, 0.25) is 0 Å². The molecule has 0 bridgehead atoms. The van der Waals surface area contributed by atoms with Crippen LogP contribution in [0.4, 0.5) is 0 Å². The molecule has 0 spiro atoms. The normalized spacial score (nSPS) is 23.1. The minimum absolute atomic E-state index is 1.15. The molecule has 0 atom stereocenters. The third kappa shape index (κ3) is 2.30. The zero-order valence-electron chi connectivity index (χ0n) is 11.8. The molecule has 1 fully saturated rings. The Labute approximate surface area is 126 Å². The zero-order valence-corrected chi connectivity index (χ0v) is 13.5. The van der Waals surface area contributed by atoms with Crippen LogP contribution < -0.4 is 10.6 Å². The molecule has 2 heteroatoms. The number of hydrogen-bond donors (Lipinski definition) is 0. The fourth-order valence-corrected chi connectivity index (χ4v) is 9.98. The molecule has 1 heterocycles. The van der Waals surface area contributed by atoms with Crippen LogP contribution in [-0.4, -0.2) is 12.3 Å². The van der Waals surface area contributed by atoms with Gasteiger partial charge in [0.15, 0.2) is 0 Å². The van der Waals surface area contributed by atoms with Gasteiger partial charge in [-0.1, -0.05) is 0 Å². The molecule has 0 aliphatic carbocycles. The molecule has 0 nitrogen and oxygen atoms in total. The molecule has 0 aromatic heterocycles. The number of rotatable bonds is 2. The standard InChI is InChI=1S/C18H22ClP/c19-20(15-9-1-2-10-16-20,17-11-5-3-6-12-17)18-13-7-4-8-14-18/h3-8,11-14H,1-2,9-10,15-16H2. The van der Waals surface area contributed by atoms with E-state index in [0.29, 0.717) is 0 Å². The molecule has 106 valence electrons. The molecule has 0 saturated carbocycles. The van der Waals surface area contributed by atoms with Crippen molar-refractivity contribution in [1.29, 1.82) is 0 Å². The van der Waals surface area contributed by atoms with E-state index in [4.69, 9.17) is 11.2 Å². The first-order chi connectivity index (χ1) is 9.73. The Balaban J connectivity index is 2.22. The van der Waals surface area contributed by atoms with Gasteiger partial charge in [0.05, 0.1) is 0 Å². The van der Waals surface area contributed by atoms with Crippen LogP contribution in [0.15, 0.2) is 60.7 Å². The first-order valence-corrected chi connectivity index (χ1v) is 11.1. The van der Waals surface area contributed by atoms with Crippen molar-refractivity contribution in [1.82, 2.24) is 0 Å². The Morgan fingerprint density at radius 3 is 1.40 bits per heavy atom. The Hall–Kier alpha value is -0.840. The summed E-state index contributed by atoms with van der Waals surface area (Å²) in [6.07, 6.45) is 7.47. The van der Waals surface area contributed by atoms with Gasteiger partial charge in [0.25, 0.3) is 0 Å². The van der Waals surface area contributed by atoms with E-state index < -0.39 is 5.96 Å². The zero-order chi connectivity index (χ0) is 13.9. The van der Waals surface area contributed by atoms with Crippen LogP contribution in [0.3, 0.4) is 0 Å². The topological polar surface area (TPSA) is 0 Å². The van der Waals surface area contributed by atoms with E-state index >= 15 is 0 Å². The van der Waals surface area contributed by atoms with Gasteiger partial charge in [0, 0.05) is 0 Å². The molecule has 1 aliphatic heterocycles. The summed E-state index contributed by atoms with van der Waals surface area (Å²) in [7, 11) is 0. The van der Waals surface area contributed by atoms with Crippen LogP contribution in [0.5, 0.6) is 0 Å². The Kier molecular flexibility index (Phi) is 3.89. The molecule has 3 rings (SSSR count). The second-order valence-electron chi connectivity index (χ2n) is 5.91.